The van der Waals surface area contributed by atoms with E-state index in [4.69, 9.17) is 0 Å². The molecule has 344 valence electrons. The van der Waals surface area contributed by atoms with Gasteiger partial charge in [-0.25, -0.2) is 15.0 Å². The molecule has 10 rings (SSSR count). The van der Waals surface area contributed by atoms with Crippen LogP contribution in [-0.4, -0.2) is 146 Å². The molecule has 1 aliphatic carbocycles. The minimum atomic E-state index is -0.984. The summed E-state index contributed by atoms with van der Waals surface area (Å²) >= 11 is 0. The summed E-state index contributed by atoms with van der Waals surface area (Å²) in [5, 5.41) is 8.84. The topological polar surface area (TPSA) is 198 Å². The number of hydrogen-bond donors (Lipinski definition) is 3. The molecule has 6 amide bonds. The van der Waals surface area contributed by atoms with Crippen molar-refractivity contribution in [3.63, 3.8) is 0 Å². The maximum Gasteiger partial charge on any atom is 0.277 e. The van der Waals surface area contributed by atoms with Crippen LogP contribution in [0.25, 0.3) is 11.2 Å². The Kier molecular flexibility index (Phi) is 12.2. The molecule has 18 nitrogen and oxygen atoms in total. The van der Waals surface area contributed by atoms with Crippen molar-refractivity contribution in [1.82, 2.24) is 49.8 Å². The first kappa shape index (κ1) is 43.2. The first-order chi connectivity index (χ1) is 32.1. The highest BCUT2D eigenvalue weighted by Gasteiger charge is 2.44. The molecule has 4 aromatic rings. The highest BCUT2D eigenvalue weighted by Crippen LogP contribution is 2.36. The molecule has 2 aromatic carbocycles. The summed E-state index contributed by atoms with van der Waals surface area (Å²) in [4.78, 5) is 99.8. The molecule has 1 atom stereocenters. The van der Waals surface area contributed by atoms with E-state index in [2.05, 4.69) is 69.5 Å². The summed E-state index contributed by atoms with van der Waals surface area (Å²) in [5.74, 6) is -0.783. The number of carbonyl (C=O) groups is 6. The van der Waals surface area contributed by atoms with Crippen molar-refractivity contribution in [2.45, 2.75) is 75.9 Å². The van der Waals surface area contributed by atoms with Gasteiger partial charge in [-0.2, -0.15) is 0 Å². The van der Waals surface area contributed by atoms with E-state index in [0.29, 0.717) is 49.6 Å². The van der Waals surface area contributed by atoms with Gasteiger partial charge in [0.15, 0.2) is 17.0 Å². The first-order valence-electron chi connectivity index (χ1n) is 23.5. The summed E-state index contributed by atoms with van der Waals surface area (Å²) in [7, 11) is 0. The van der Waals surface area contributed by atoms with Crippen molar-refractivity contribution in [2.24, 2.45) is 11.8 Å². The second-order valence-corrected chi connectivity index (χ2v) is 18.6. The smallest absolute Gasteiger partial charge is 0.277 e. The highest BCUT2D eigenvalue weighted by molar-refractivity contribution is 6.18. The zero-order valence-electron chi connectivity index (χ0n) is 37.0. The fourth-order valence-electron chi connectivity index (χ4n) is 10.5. The maximum absolute atomic E-state index is 13.6. The van der Waals surface area contributed by atoms with Crippen LogP contribution in [0.3, 0.4) is 0 Å². The largest absolute Gasteiger partial charge is 0.369 e. The third-order valence-electron chi connectivity index (χ3n) is 14.4. The molecule has 7 heterocycles. The minimum absolute atomic E-state index is 0.0425. The molecule has 1 saturated carbocycles. The van der Waals surface area contributed by atoms with E-state index < -0.39 is 29.7 Å². The van der Waals surface area contributed by atoms with Crippen molar-refractivity contribution >= 4 is 63.8 Å². The Hall–Kier alpha value is -6.69. The Bertz CT molecular complexity index is 2520. The van der Waals surface area contributed by atoms with Crippen molar-refractivity contribution in [3.05, 3.63) is 84.6 Å². The first-order valence-corrected chi connectivity index (χ1v) is 23.5. The van der Waals surface area contributed by atoms with E-state index >= 15 is 0 Å². The molecule has 0 unspecified atom stereocenters. The molecule has 5 aliphatic heterocycles. The molecular formula is C48H56N12O6. The molecule has 0 spiro atoms. The number of imidazole rings is 1. The van der Waals surface area contributed by atoms with E-state index in [1.807, 2.05) is 46.5 Å². The van der Waals surface area contributed by atoms with Gasteiger partial charge in [0.2, 0.25) is 23.6 Å². The Morgan fingerprint density at radius 1 is 0.773 bits per heavy atom. The number of nitrogens with zero attached hydrogens (tertiary/aromatic N) is 9. The van der Waals surface area contributed by atoms with Gasteiger partial charge in [-0.15, -0.1) is 0 Å². The normalized spacial score (nSPS) is 23.5. The van der Waals surface area contributed by atoms with Crippen LogP contribution in [0, 0.1) is 11.8 Å². The van der Waals surface area contributed by atoms with Crippen LogP contribution in [0.5, 0.6) is 0 Å². The lowest BCUT2D eigenvalue weighted by atomic mass is 9.86. The van der Waals surface area contributed by atoms with Gasteiger partial charge in [-0.3, -0.25) is 43.9 Å². The quantitative estimate of drug-likeness (QED) is 0.176. The average Bonchev–Trinajstić information content (AvgIpc) is 3.88. The standard InChI is InChI=1S/C48H56N12O6/c61-40-11-10-38(46(64)54-40)60-42(63)27-39(48(60)66)57-18-14-33(15-19-57)47(65)58-16-12-32(13-17-58)28-55-20-22-56(23-21-55)36-8-6-34(7-9-36)53-44-43-45(50-29-49-44)59(30-51-43)37-25-35(26-37)52-41(62)24-31-4-2-1-3-5-31/h1-9,27,29-30,32-33,35,37-38H,10-26,28H2,(H,52,62)(H,49,50,53)(H,54,61,64)/t35?,37?,38-/m0/s1. The monoisotopic (exact) mass is 896 g/mol. The number of aromatic nitrogens is 4. The van der Waals surface area contributed by atoms with Crippen LogP contribution in [0.15, 0.2) is 79.0 Å². The Morgan fingerprint density at radius 3 is 2.24 bits per heavy atom. The van der Waals surface area contributed by atoms with Gasteiger partial charge in [0.1, 0.15) is 18.1 Å². The summed E-state index contributed by atoms with van der Waals surface area (Å²) in [5.41, 5.74) is 4.85. The van der Waals surface area contributed by atoms with Crippen LogP contribution in [-0.2, 0) is 35.2 Å². The Morgan fingerprint density at radius 2 is 1.52 bits per heavy atom. The van der Waals surface area contributed by atoms with E-state index in [9.17, 15) is 28.8 Å². The summed E-state index contributed by atoms with van der Waals surface area (Å²) < 4.78 is 2.10. The molecule has 0 bridgehead atoms. The van der Waals surface area contributed by atoms with Gasteiger partial charge < -0.3 is 29.9 Å². The maximum atomic E-state index is 13.6. The molecule has 0 radical (unpaired) electrons. The zero-order valence-corrected chi connectivity index (χ0v) is 37.0. The fraction of sp³-hybridized carbons (Fsp3) is 0.479. The number of anilines is 3. The van der Waals surface area contributed by atoms with Crippen LogP contribution in [0.2, 0.25) is 0 Å². The van der Waals surface area contributed by atoms with Crippen molar-refractivity contribution in [2.75, 3.05) is 69.1 Å². The second kappa shape index (κ2) is 18.7. The number of carbonyl (C=O) groups excluding carboxylic acids is 6. The third kappa shape index (κ3) is 9.10. The predicted octanol–water partition coefficient (Wildman–Crippen LogP) is 2.76. The summed E-state index contributed by atoms with van der Waals surface area (Å²) in [6.45, 7) is 7.35. The number of nitrogens with one attached hydrogen (secondary N) is 3. The van der Waals surface area contributed by atoms with Crippen LogP contribution >= 0.6 is 0 Å². The number of amides is 6. The van der Waals surface area contributed by atoms with Gasteiger partial charge >= 0.3 is 0 Å². The lowest BCUT2D eigenvalue weighted by Crippen LogP contribution is -2.55. The molecule has 6 aliphatic rings. The van der Waals surface area contributed by atoms with Gasteiger partial charge in [0.05, 0.1) is 12.7 Å². The van der Waals surface area contributed by atoms with Crippen LogP contribution < -0.4 is 20.9 Å². The number of piperazine rings is 1. The number of likely N-dealkylation sites (tertiary alicyclic amines) is 2. The number of rotatable bonds is 12. The van der Waals surface area contributed by atoms with Gasteiger partial charge in [0.25, 0.3) is 11.8 Å². The minimum Gasteiger partial charge on any atom is -0.369 e. The van der Waals surface area contributed by atoms with E-state index in [-0.39, 0.29) is 48.4 Å². The van der Waals surface area contributed by atoms with E-state index in [0.717, 1.165) is 93.3 Å². The van der Waals surface area contributed by atoms with E-state index in [1.54, 1.807) is 6.33 Å². The number of hydrogen-bond acceptors (Lipinski definition) is 13. The highest BCUT2D eigenvalue weighted by atomic mass is 16.2. The Balaban J connectivity index is 0.635. The lowest BCUT2D eigenvalue weighted by molar-refractivity contribution is -0.150. The molecule has 3 N–H and O–H groups in total. The molecule has 66 heavy (non-hydrogen) atoms. The van der Waals surface area contributed by atoms with E-state index in [1.165, 1.54) is 11.8 Å². The third-order valence-corrected chi connectivity index (χ3v) is 14.4. The van der Waals surface area contributed by atoms with Gasteiger partial charge in [0, 0.05) is 101 Å². The van der Waals surface area contributed by atoms with Crippen molar-refractivity contribution < 1.29 is 28.8 Å². The fourth-order valence-corrected chi connectivity index (χ4v) is 10.5. The SMILES string of the molecule is O=C1CC[C@H](N2C(=O)C=C(N3CCC(C(=O)N4CCC(CN5CCN(c6ccc(Nc7ncnc8c7ncn8C7CC(NC(=O)Cc8ccccc8)C7)cc6)CC5)CC4)CC3)C2=O)C(=O)N1. The average molecular weight is 897 g/mol. The molecule has 2 aromatic heterocycles. The number of imide groups is 2. The number of fused-ring (bicyclic) bond motifs is 1. The number of benzene rings is 2. The molecule has 4 saturated heterocycles. The van der Waals surface area contributed by atoms with Crippen molar-refractivity contribution in [3.8, 4) is 0 Å². The van der Waals surface area contributed by atoms with Crippen LogP contribution in [0.1, 0.15) is 63.0 Å². The zero-order chi connectivity index (χ0) is 45.3. The molecule has 5 fully saturated rings. The van der Waals surface area contributed by atoms with Gasteiger partial charge in [-0.1, -0.05) is 30.3 Å². The number of piperidine rings is 3. The Labute approximate surface area is 382 Å². The van der Waals surface area contributed by atoms with Crippen molar-refractivity contribution in [1.29, 1.82) is 0 Å². The second-order valence-electron chi connectivity index (χ2n) is 18.6. The predicted molar refractivity (Wildman–Crippen MR) is 244 cm³/mol. The van der Waals surface area contributed by atoms with Gasteiger partial charge in [-0.05, 0) is 80.7 Å². The molecule has 18 heteroatoms. The lowest BCUT2D eigenvalue weighted by Gasteiger charge is -2.41. The summed E-state index contributed by atoms with van der Waals surface area (Å²) in [6, 6.07) is 17.6. The summed E-state index contributed by atoms with van der Waals surface area (Å²) in [6.07, 6.45) is 10.1. The molecular weight excluding hydrogens is 841 g/mol. The van der Waals surface area contributed by atoms with Crippen LogP contribution in [0.4, 0.5) is 17.2 Å².